The van der Waals surface area contributed by atoms with E-state index in [9.17, 15) is 4.79 Å². The van der Waals surface area contributed by atoms with E-state index >= 15 is 0 Å². The quantitative estimate of drug-likeness (QED) is 0.689. The number of H-pyrrole nitrogens is 1. The lowest BCUT2D eigenvalue weighted by Crippen LogP contribution is -2.31. The molecule has 2 amide bonds. The van der Waals surface area contributed by atoms with Gasteiger partial charge in [0, 0.05) is 26.4 Å². The predicted molar refractivity (Wildman–Crippen MR) is 95.2 cm³/mol. The van der Waals surface area contributed by atoms with Crippen molar-refractivity contribution < 1.29 is 4.79 Å². The Bertz CT molecular complexity index is 843. The van der Waals surface area contributed by atoms with Crippen molar-refractivity contribution in [2.45, 2.75) is 13.0 Å². The number of rotatable bonds is 4. The molecule has 3 N–H and O–H groups in total. The van der Waals surface area contributed by atoms with Crippen LogP contribution >= 0.6 is 0 Å². The minimum absolute atomic E-state index is 0.0950. The molecule has 0 fully saturated rings. The summed E-state index contributed by atoms with van der Waals surface area (Å²) in [7, 11) is 3.83. The Balaban J connectivity index is 1.69. The normalized spacial score (nSPS) is 12.0. The molecule has 7 heteroatoms. The molecular formula is C17H20N6O. The number of aromatic amines is 1. The Morgan fingerprint density at radius 3 is 2.71 bits per heavy atom. The molecule has 1 atom stereocenters. The molecule has 0 saturated carbocycles. The number of urea groups is 1. The zero-order chi connectivity index (χ0) is 17.1. The van der Waals surface area contributed by atoms with Crippen molar-refractivity contribution in [3.63, 3.8) is 0 Å². The second kappa shape index (κ2) is 6.57. The molecule has 2 heterocycles. The monoisotopic (exact) mass is 324 g/mol. The van der Waals surface area contributed by atoms with Gasteiger partial charge in [0.15, 0.2) is 5.82 Å². The highest BCUT2D eigenvalue weighted by Gasteiger charge is 2.12. The molecule has 3 rings (SSSR count). The molecule has 2 aromatic heterocycles. The van der Waals surface area contributed by atoms with E-state index < -0.39 is 0 Å². The van der Waals surface area contributed by atoms with Crippen molar-refractivity contribution in [1.82, 2.24) is 20.5 Å². The van der Waals surface area contributed by atoms with Gasteiger partial charge in [-0.3, -0.25) is 10.4 Å². The summed E-state index contributed by atoms with van der Waals surface area (Å²) in [4.78, 5) is 18.3. The van der Waals surface area contributed by atoms with Crippen LogP contribution < -0.4 is 15.5 Å². The number of nitrogens with zero attached hydrogens (tertiary/aromatic N) is 3. The van der Waals surface area contributed by atoms with E-state index in [0.29, 0.717) is 5.82 Å². The maximum Gasteiger partial charge on any atom is 0.320 e. The standard InChI is InChI=1S/C17H20N6O/c1-11(12-7-5-4-6-8-12)19-17(24)20-15-9-14-13(10-18-15)16(22-21-14)23(2)3/h4-11H,1-3H3,(H,21,22)(H2,18,19,20,24). The highest BCUT2D eigenvalue weighted by atomic mass is 16.2. The Morgan fingerprint density at radius 1 is 1.25 bits per heavy atom. The number of carbonyl (C=O) groups is 1. The third-order valence-corrected chi connectivity index (χ3v) is 3.74. The molecule has 0 aliphatic carbocycles. The SMILES string of the molecule is CC(NC(=O)Nc1cc2[nH]nc(N(C)C)c2cn1)c1ccccc1. The van der Waals surface area contributed by atoms with E-state index in [1.54, 1.807) is 12.3 Å². The van der Waals surface area contributed by atoms with E-state index in [-0.39, 0.29) is 12.1 Å². The lowest BCUT2D eigenvalue weighted by atomic mass is 10.1. The third kappa shape index (κ3) is 3.29. The first kappa shape index (κ1) is 15.8. The fraction of sp³-hybridized carbons (Fsp3) is 0.235. The minimum Gasteiger partial charge on any atom is -0.361 e. The molecule has 0 spiro atoms. The van der Waals surface area contributed by atoms with Crippen LogP contribution in [-0.2, 0) is 0 Å². The number of nitrogens with one attached hydrogen (secondary N) is 3. The summed E-state index contributed by atoms with van der Waals surface area (Å²) < 4.78 is 0. The van der Waals surface area contributed by atoms with Gasteiger partial charge in [0.2, 0.25) is 0 Å². The van der Waals surface area contributed by atoms with Crippen LogP contribution in [0.15, 0.2) is 42.6 Å². The van der Waals surface area contributed by atoms with Crippen LogP contribution in [0.1, 0.15) is 18.5 Å². The summed E-state index contributed by atoms with van der Waals surface area (Å²) in [6.07, 6.45) is 1.70. The van der Waals surface area contributed by atoms with Gasteiger partial charge in [0.1, 0.15) is 5.82 Å². The highest BCUT2D eigenvalue weighted by molar-refractivity contribution is 5.94. The summed E-state index contributed by atoms with van der Waals surface area (Å²) in [6.45, 7) is 1.93. The third-order valence-electron chi connectivity index (χ3n) is 3.74. The van der Waals surface area contributed by atoms with Crippen LogP contribution in [0.5, 0.6) is 0 Å². The zero-order valence-electron chi connectivity index (χ0n) is 13.9. The van der Waals surface area contributed by atoms with Crippen LogP contribution in [0.25, 0.3) is 10.9 Å². The Morgan fingerprint density at radius 2 is 2.00 bits per heavy atom. The second-order valence-electron chi connectivity index (χ2n) is 5.79. The van der Waals surface area contributed by atoms with Gasteiger partial charge in [-0.05, 0) is 12.5 Å². The van der Waals surface area contributed by atoms with Crippen LogP contribution in [0, 0.1) is 0 Å². The average molecular weight is 324 g/mol. The largest absolute Gasteiger partial charge is 0.361 e. The van der Waals surface area contributed by atoms with Crippen LogP contribution in [0.4, 0.5) is 16.4 Å². The number of pyridine rings is 1. The van der Waals surface area contributed by atoms with Crippen molar-refractivity contribution in [2.24, 2.45) is 0 Å². The number of carbonyl (C=O) groups excluding carboxylic acids is 1. The van der Waals surface area contributed by atoms with Crippen LogP contribution in [-0.4, -0.2) is 35.3 Å². The van der Waals surface area contributed by atoms with Gasteiger partial charge in [-0.1, -0.05) is 30.3 Å². The predicted octanol–water partition coefficient (Wildman–Crippen LogP) is 2.91. The van der Waals surface area contributed by atoms with Crippen molar-refractivity contribution >= 4 is 28.6 Å². The Labute approximate surface area is 140 Å². The summed E-state index contributed by atoms with van der Waals surface area (Å²) in [5, 5.41) is 13.7. The van der Waals surface area contributed by atoms with E-state index in [2.05, 4.69) is 25.8 Å². The number of hydrogen-bond donors (Lipinski definition) is 3. The summed E-state index contributed by atoms with van der Waals surface area (Å²) in [5.74, 6) is 1.28. The fourth-order valence-electron chi connectivity index (χ4n) is 2.48. The lowest BCUT2D eigenvalue weighted by Gasteiger charge is -2.14. The smallest absolute Gasteiger partial charge is 0.320 e. The highest BCUT2D eigenvalue weighted by Crippen LogP contribution is 2.23. The second-order valence-corrected chi connectivity index (χ2v) is 5.79. The molecule has 24 heavy (non-hydrogen) atoms. The minimum atomic E-state index is -0.300. The number of amides is 2. The fourth-order valence-corrected chi connectivity index (χ4v) is 2.48. The number of anilines is 2. The Hall–Kier alpha value is -3.09. The molecule has 0 bridgehead atoms. The molecule has 124 valence electrons. The van der Waals surface area contributed by atoms with Gasteiger partial charge >= 0.3 is 6.03 Å². The summed E-state index contributed by atoms with van der Waals surface area (Å²) in [6, 6.07) is 11.2. The van der Waals surface area contributed by atoms with E-state index in [4.69, 9.17) is 0 Å². The molecule has 7 nitrogen and oxygen atoms in total. The maximum absolute atomic E-state index is 12.1. The molecule has 0 saturated heterocycles. The first-order valence-corrected chi connectivity index (χ1v) is 7.68. The van der Waals surface area contributed by atoms with Crippen molar-refractivity contribution in [2.75, 3.05) is 24.3 Å². The van der Waals surface area contributed by atoms with Gasteiger partial charge in [-0.2, -0.15) is 5.10 Å². The number of aromatic nitrogens is 3. The number of hydrogen-bond acceptors (Lipinski definition) is 4. The molecule has 0 aliphatic rings. The lowest BCUT2D eigenvalue weighted by molar-refractivity contribution is 0.249. The van der Waals surface area contributed by atoms with E-state index in [1.165, 1.54) is 0 Å². The van der Waals surface area contributed by atoms with Crippen molar-refractivity contribution in [1.29, 1.82) is 0 Å². The topological polar surface area (TPSA) is 85.9 Å². The molecule has 1 unspecified atom stereocenters. The Kier molecular flexibility index (Phi) is 4.33. The summed E-state index contributed by atoms with van der Waals surface area (Å²) in [5.41, 5.74) is 1.86. The zero-order valence-corrected chi connectivity index (χ0v) is 13.9. The van der Waals surface area contributed by atoms with Crippen LogP contribution in [0.2, 0.25) is 0 Å². The van der Waals surface area contributed by atoms with Gasteiger partial charge in [-0.25, -0.2) is 9.78 Å². The van der Waals surface area contributed by atoms with Gasteiger partial charge in [0.05, 0.1) is 16.9 Å². The first-order chi connectivity index (χ1) is 11.5. The van der Waals surface area contributed by atoms with E-state index in [0.717, 1.165) is 22.3 Å². The molecule has 3 aromatic rings. The van der Waals surface area contributed by atoms with E-state index in [1.807, 2.05) is 56.3 Å². The average Bonchev–Trinajstić information content (AvgIpc) is 2.99. The maximum atomic E-state index is 12.1. The van der Waals surface area contributed by atoms with Crippen molar-refractivity contribution in [3.8, 4) is 0 Å². The molecule has 0 aliphatic heterocycles. The van der Waals surface area contributed by atoms with Crippen LogP contribution in [0.3, 0.4) is 0 Å². The summed E-state index contributed by atoms with van der Waals surface area (Å²) >= 11 is 0. The molecule has 0 radical (unpaired) electrons. The number of fused-ring (bicyclic) bond motifs is 1. The number of benzene rings is 1. The first-order valence-electron chi connectivity index (χ1n) is 7.68. The molecular weight excluding hydrogens is 304 g/mol. The molecule has 1 aromatic carbocycles. The van der Waals surface area contributed by atoms with Gasteiger partial charge in [-0.15, -0.1) is 0 Å². The van der Waals surface area contributed by atoms with Gasteiger partial charge in [0.25, 0.3) is 0 Å². The van der Waals surface area contributed by atoms with Gasteiger partial charge < -0.3 is 10.2 Å². The van der Waals surface area contributed by atoms with Crippen molar-refractivity contribution in [3.05, 3.63) is 48.2 Å².